The van der Waals surface area contributed by atoms with Crippen LogP contribution < -0.4 is 5.32 Å². The molecule has 0 atom stereocenters. The first-order valence-electron chi connectivity index (χ1n) is 5.79. The highest BCUT2D eigenvalue weighted by Crippen LogP contribution is 2.18. The van der Waals surface area contributed by atoms with E-state index >= 15 is 0 Å². The topological polar surface area (TPSA) is 110 Å². The summed E-state index contributed by atoms with van der Waals surface area (Å²) in [5.41, 5.74) is -0.380. The molecule has 1 aromatic rings. The number of methoxy groups -OCH3 is 1. The van der Waals surface area contributed by atoms with E-state index in [1.54, 1.807) is 0 Å². The number of hydrogen-bond acceptors (Lipinski definition) is 5. The Balaban J connectivity index is 2.95. The number of carboxylic acid groups (broad SMARTS) is 1. The fourth-order valence-corrected chi connectivity index (χ4v) is 2.74. The first-order chi connectivity index (χ1) is 9.77. The van der Waals surface area contributed by atoms with Crippen LogP contribution in [0.25, 0.3) is 0 Å². The molecule has 0 heterocycles. The molecular formula is C12H14FNO6S. The van der Waals surface area contributed by atoms with Gasteiger partial charge < -0.3 is 15.2 Å². The molecule has 0 bridgehead atoms. The van der Waals surface area contributed by atoms with Crippen LogP contribution in [0.1, 0.15) is 10.4 Å². The summed E-state index contributed by atoms with van der Waals surface area (Å²) < 4.78 is 42.1. The second kappa shape index (κ2) is 7.14. The van der Waals surface area contributed by atoms with Gasteiger partial charge in [0.2, 0.25) is 5.91 Å². The number of nitrogens with one attached hydrogen (secondary N) is 1. The molecule has 116 valence electrons. The lowest BCUT2D eigenvalue weighted by Crippen LogP contribution is -2.32. The molecule has 0 aromatic heterocycles. The maximum Gasteiger partial charge on any atom is 0.335 e. The number of amides is 1. The highest BCUT2D eigenvalue weighted by Gasteiger charge is 2.24. The molecule has 9 heteroatoms. The molecule has 1 aromatic carbocycles. The fraction of sp³-hybridized carbons (Fsp3) is 0.333. The van der Waals surface area contributed by atoms with E-state index in [9.17, 15) is 22.4 Å². The van der Waals surface area contributed by atoms with Crippen LogP contribution in [-0.4, -0.2) is 51.4 Å². The van der Waals surface area contributed by atoms with Crippen LogP contribution in [0.5, 0.6) is 0 Å². The van der Waals surface area contributed by atoms with Crippen molar-refractivity contribution in [1.29, 1.82) is 0 Å². The highest BCUT2D eigenvalue weighted by atomic mass is 32.2. The largest absolute Gasteiger partial charge is 0.478 e. The summed E-state index contributed by atoms with van der Waals surface area (Å²) in [6.07, 6.45) is 0. The predicted molar refractivity (Wildman–Crippen MR) is 70.3 cm³/mol. The van der Waals surface area contributed by atoms with Gasteiger partial charge in [0.25, 0.3) is 0 Å². The van der Waals surface area contributed by atoms with E-state index in [1.807, 2.05) is 0 Å². The van der Waals surface area contributed by atoms with Gasteiger partial charge in [-0.05, 0) is 18.2 Å². The van der Waals surface area contributed by atoms with E-state index in [0.717, 1.165) is 12.1 Å². The third kappa shape index (κ3) is 4.80. The third-order valence-electron chi connectivity index (χ3n) is 2.46. The molecule has 0 saturated heterocycles. The van der Waals surface area contributed by atoms with Gasteiger partial charge in [0, 0.05) is 13.7 Å². The van der Waals surface area contributed by atoms with E-state index in [2.05, 4.69) is 10.1 Å². The normalized spacial score (nSPS) is 11.1. The van der Waals surface area contributed by atoms with Gasteiger partial charge in [-0.3, -0.25) is 4.79 Å². The summed E-state index contributed by atoms with van der Waals surface area (Å²) >= 11 is 0. The van der Waals surface area contributed by atoms with Crippen LogP contribution in [0, 0.1) is 5.82 Å². The van der Waals surface area contributed by atoms with Gasteiger partial charge in [-0.15, -0.1) is 0 Å². The van der Waals surface area contributed by atoms with Crippen LogP contribution in [0.15, 0.2) is 23.1 Å². The van der Waals surface area contributed by atoms with Gasteiger partial charge in [0.05, 0.1) is 12.2 Å². The molecular weight excluding hydrogens is 305 g/mol. The van der Waals surface area contributed by atoms with Crippen molar-refractivity contribution in [1.82, 2.24) is 5.32 Å². The van der Waals surface area contributed by atoms with Gasteiger partial charge in [-0.1, -0.05) is 0 Å². The lowest BCUT2D eigenvalue weighted by Gasteiger charge is -2.07. The second-order valence-corrected chi connectivity index (χ2v) is 6.01. The van der Waals surface area contributed by atoms with Crippen molar-refractivity contribution in [3.8, 4) is 0 Å². The number of benzene rings is 1. The van der Waals surface area contributed by atoms with E-state index < -0.39 is 38.2 Å². The Kier molecular flexibility index (Phi) is 5.79. The number of carboxylic acids is 1. The van der Waals surface area contributed by atoms with Gasteiger partial charge >= 0.3 is 5.97 Å². The van der Waals surface area contributed by atoms with Gasteiger partial charge in [0.1, 0.15) is 16.5 Å². The zero-order chi connectivity index (χ0) is 16.0. The Morgan fingerprint density at radius 1 is 1.38 bits per heavy atom. The lowest BCUT2D eigenvalue weighted by molar-refractivity contribution is -0.118. The van der Waals surface area contributed by atoms with E-state index in [0.29, 0.717) is 6.07 Å². The first kappa shape index (κ1) is 17.1. The minimum Gasteiger partial charge on any atom is -0.478 e. The second-order valence-electron chi connectivity index (χ2n) is 4.05. The number of ether oxygens (including phenoxy) is 1. The van der Waals surface area contributed by atoms with Gasteiger partial charge in [-0.25, -0.2) is 17.6 Å². The maximum atomic E-state index is 13.6. The molecule has 0 aliphatic carbocycles. The number of rotatable bonds is 7. The third-order valence-corrected chi connectivity index (χ3v) is 4.09. The summed E-state index contributed by atoms with van der Waals surface area (Å²) in [4.78, 5) is 21.4. The Morgan fingerprint density at radius 3 is 2.62 bits per heavy atom. The van der Waals surface area contributed by atoms with Crippen LogP contribution in [-0.2, 0) is 19.4 Å². The van der Waals surface area contributed by atoms with Crippen molar-refractivity contribution in [3.05, 3.63) is 29.6 Å². The molecule has 7 nitrogen and oxygen atoms in total. The Hall–Kier alpha value is -2.00. The average Bonchev–Trinajstić information content (AvgIpc) is 2.38. The zero-order valence-corrected chi connectivity index (χ0v) is 11.9. The maximum absolute atomic E-state index is 13.6. The minimum atomic E-state index is -4.27. The molecule has 0 spiro atoms. The molecule has 21 heavy (non-hydrogen) atoms. The summed E-state index contributed by atoms with van der Waals surface area (Å²) in [7, 11) is -2.86. The fourth-order valence-electron chi connectivity index (χ4n) is 1.47. The van der Waals surface area contributed by atoms with Crippen LogP contribution in [0.4, 0.5) is 4.39 Å². The number of halogens is 1. The number of carbonyl (C=O) groups is 2. The molecule has 0 unspecified atom stereocenters. The summed E-state index contributed by atoms with van der Waals surface area (Å²) in [6.45, 7) is 0.317. The predicted octanol–water partition coefficient (Wildman–Crippen LogP) is 0.0602. The molecule has 0 aliphatic rings. The standard InChI is InChI=1S/C12H14FNO6S/c1-20-5-4-14-11(15)7-21(18,19)10-6-8(12(16)17)2-3-9(10)13/h2-3,6H,4-5,7H2,1H3,(H,14,15)(H,16,17). The quantitative estimate of drug-likeness (QED) is 0.688. The molecule has 0 saturated carbocycles. The lowest BCUT2D eigenvalue weighted by atomic mass is 10.2. The van der Waals surface area contributed by atoms with Crippen molar-refractivity contribution < 1.29 is 32.2 Å². The van der Waals surface area contributed by atoms with Gasteiger partial charge in [-0.2, -0.15) is 0 Å². The first-order valence-corrected chi connectivity index (χ1v) is 7.44. The Morgan fingerprint density at radius 2 is 2.05 bits per heavy atom. The molecule has 0 fully saturated rings. The molecule has 0 aliphatic heterocycles. The Bertz CT molecular complexity index is 643. The molecule has 1 amide bonds. The number of hydrogen-bond donors (Lipinski definition) is 2. The van der Waals surface area contributed by atoms with E-state index in [-0.39, 0.29) is 18.7 Å². The van der Waals surface area contributed by atoms with Crippen molar-refractivity contribution in [2.45, 2.75) is 4.90 Å². The van der Waals surface area contributed by atoms with Gasteiger partial charge in [0.15, 0.2) is 9.84 Å². The molecule has 0 radical (unpaired) electrons. The minimum absolute atomic E-state index is 0.114. The van der Waals surface area contributed by atoms with E-state index in [4.69, 9.17) is 5.11 Å². The van der Waals surface area contributed by atoms with Crippen molar-refractivity contribution in [2.75, 3.05) is 26.0 Å². The summed E-state index contributed by atoms with van der Waals surface area (Å²) in [5.74, 6) is -4.30. The average molecular weight is 319 g/mol. The van der Waals surface area contributed by atoms with Crippen LogP contribution >= 0.6 is 0 Å². The molecule has 1 rings (SSSR count). The van der Waals surface area contributed by atoms with E-state index in [1.165, 1.54) is 7.11 Å². The van der Waals surface area contributed by atoms with Crippen molar-refractivity contribution in [2.24, 2.45) is 0 Å². The summed E-state index contributed by atoms with van der Waals surface area (Å²) in [5, 5.41) is 11.1. The molecule has 2 N–H and O–H groups in total. The monoisotopic (exact) mass is 319 g/mol. The zero-order valence-electron chi connectivity index (χ0n) is 11.1. The SMILES string of the molecule is COCCNC(=O)CS(=O)(=O)c1cc(C(=O)O)ccc1F. The summed E-state index contributed by atoms with van der Waals surface area (Å²) in [6, 6.07) is 2.37. The highest BCUT2D eigenvalue weighted by molar-refractivity contribution is 7.92. The van der Waals surface area contributed by atoms with Crippen molar-refractivity contribution >= 4 is 21.7 Å². The van der Waals surface area contributed by atoms with Crippen LogP contribution in [0.3, 0.4) is 0 Å². The van der Waals surface area contributed by atoms with Crippen molar-refractivity contribution in [3.63, 3.8) is 0 Å². The number of sulfone groups is 1. The van der Waals surface area contributed by atoms with Crippen LogP contribution in [0.2, 0.25) is 0 Å². The number of carbonyl (C=O) groups excluding carboxylic acids is 1. The smallest absolute Gasteiger partial charge is 0.335 e. The number of aromatic carboxylic acids is 1. The Labute approximate surface area is 120 Å².